The smallest absolute Gasteiger partial charge is 0.242 e. The van der Waals surface area contributed by atoms with Crippen molar-refractivity contribution in [2.24, 2.45) is 0 Å². The van der Waals surface area contributed by atoms with E-state index >= 15 is 0 Å². The maximum absolute atomic E-state index is 12.8. The van der Waals surface area contributed by atoms with Crippen molar-refractivity contribution in [2.45, 2.75) is 11.8 Å². The van der Waals surface area contributed by atoms with Crippen molar-refractivity contribution in [1.29, 1.82) is 0 Å². The lowest BCUT2D eigenvalue weighted by molar-refractivity contribution is -0.131. The van der Waals surface area contributed by atoms with Gasteiger partial charge in [0.2, 0.25) is 11.8 Å². The molecule has 0 saturated carbocycles. The molecule has 0 aliphatic carbocycles. The lowest BCUT2D eigenvalue weighted by atomic mass is 10.1. The van der Waals surface area contributed by atoms with Gasteiger partial charge in [0.05, 0.1) is 11.4 Å². The first kappa shape index (κ1) is 17.9. The standard InChI is InChI=1S/C21H23N3O2S/c1-16-6-2-3-7-17(16)22-10-12-23(13-11-22)20(25)14-24-18-8-4-5-9-19(18)27-15-21(24)26/h2-9H,10-15H2,1H3. The van der Waals surface area contributed by atoms with Gasteiger partial charge in [0.25, 0.3) is 0 Å². The Hall–Kier alpha value is -2.47. The highest BCUT2D eigenvalue weighted by Crippen LogP contribution is 2.34. The van der Waals surface area contributed by atoms with Crippen LogP contribution in [0.4, 0.5) is 11.4 Å². The molecule has 2 aliphatic heterocycles. The Bertz CT molecular complexity index is 862. The summed E-state index contributed by atoms with van der Waals surface area (Å²) in [5.41, 5.74) is 3.35. The number of rotatable bonds is 3. The van der Waals surface area contributed by atoms with Gasteiger partial charge < -0.3 is 14.7 Å². The van der Waals surface area contributed by atoms with Gasteiger partial charge >= 0.3 is 0 Å². The maximum atomic E-state index is 12.8. The third kappa shape index (κ3) is 3.67. The Morgan fingerprint density at radius 3 is 2.37 bits per heavy atom. The van der Waals surface area contributed by atoms with Gasteiger partial charge in [-0.15, -0.1) is 11.8 Å². The highest BCUT2D eigenvalue weighted by atomic mass is 32.2. The molecule has 1 fully saturated rings. The summed E-state index contributed by atoms with van der Waals surface area (Å²) in [7, 11) is 0. The minimum atomic E-state index is 0.00518. The highest BCUT2D eigenvalue weighted by Gasteiger charge is 2.29. The molecule has 2 aromatic carbocycles. The van der Waals surface area contributed by atoms with Gasteiger partial charge in [0.1, 0.15) is 6.54 Å². The number of nitrogens with zero attached hydrogens (tertiary/aromatic N) is 3. The summed E-state index contributed by atoms with van der Waals surface area (Å²) >= 11 is 1.54. The fraction of sp³-hybridized carbons (Fsp3) is 0.333. The number of anilines is 2. The number of piperazine rings is 1. The molecule has 27 heavy (non-hydrogen) atoms. The van der Waals surface area contributed by atoms with Gasteiger partial charge in [-0.2, -0.15) is 0 Å². The van der Waals surface area contributed by atoms with Crippen LogP contribution in [0.1, 0.15) is 5.56 Å². The zero-order valence-electron chi connectivity index (χ0n) is 15.4. The number of amides is 2. The molecule has 0 spiro atoms. The average molecular weight is 382 g/mol. The van der Waals surface area contributed by atoms with E-state index in [1.807, 2.05) is 35.2 Å². The molecule has 0 N–H and O–H groups in total. The molecule has 6 heteroatoms. The van der Waals surface area contributed by atoms with Crippen LogP contribution in [0.2, 0.25) is 0 Å². The van der Waals surface area contributed by atoms with Crippen LogP contribution >= 0.6 is 11.8 Å². The zero-order chi connectivity index (χ0) is 18.8. The van der Waals surface area contributed by atoms with Gasteiger partial charge in [0.15, 0.2) is 0 Å². The Balaban J connectivity index is 1.40. The topological polar surface area (TPSA) is 43.9 Å². The zero-order valence-corrected chi connectivity index (χ0v) is 16.2. The lowest BCUT2D eigenvalue weighted by Gasteiger charge is -2.38. The fourth-order valence-electron chi connectivity index (χ4n) is 3.68. The van der Waals surface area contributed by atoms with E-state index in [0.717, 1.165) is 23.7 Å². The summed E-state index contributed by atoms with van der Waals surface area (Å²) < 4.78 is 0. The number of fused-ring (bicyclic) bond motifs is 1. The number of carbonyl (C=O) groups excluding carboxylic acids is 2. The number of aryl methyl sites for hydroxylation is 1. The maximum Gasteiger partial charge on any atom is 0.242 e. The average Bonchev–Trinajstić information content (AvgIpc) is 2.70. The molecule has 2 heterocycles. The van der Waals surface area contributed by atoms with Crippen molar-refractivity contribution in [3.8, 4) is 0 Å². The van der Waals surface area contributed by atoms with Crippen LogP contribution in [-0.4, -0.2) is 55.2 Å². The Morgan fingerprint density at radius 2 is 1.63 bits per heavy atom. The summed E-state index contributed by atoms with van der Waals surface area (Å²) in [6.45, 7) is 5.25. The number of para-hydroxylation sites is 2. The van der Waals surface area contributed by atoms with Crippen molar-refractivity contribution in [2.75, 3.05) is 48.3 Å². The summed E-state index contributed by atoms with van der Waals surface area (Å²) in [6.07, 6.45) is 0. The first-order valence-electron chi connectivity index (χ1n) is 9.24. The highest BCUT2D eigenvalue weighted by molar-refractivity contribution is 8.00. The summed E-state index contributed by atoms with van der Waals surface area (Å²) in [5, 5.41) is 0. The van der Waals surface area contributed by atoms with Gasteiger partial charge in [-0.25, -0.2) is 0 Å². The molecular formula is C21H23N3O2S. The Labute approximate surface area is 163 Å². The number of hydrogen-bond acceptors (Lipinski definition) is 4. The van der Waals surface area contributed by atoms with E-state index < -0.39 is 0 Å². The second-order valence-corrected chi connectivity index (χ2v) is 7.91. The molecule has 5 nitrogen and oxygen atoms in total. The van der Waals surface area contributed by atoms with Crippen LogP contribution in [0.15, 0.2) is 53.4 Å². The Morgan fingerprint density at radius 1 is 0.963 bits per heavy atom. The largest absolute Gasteiger partial charge is 0.368 e. The fourth-order valence-corrected chi connectivity index (χ4v) is 4.61. The van der Waals surface area contributed by atoms with Gasteiger partial charge in [-0.3, -0.25) is 9.59 Å². The first-order valence-corrected chi connectivity index (χ1v) is 10.2. The second-order valence-electron chi connectivity index (χ2n) is 6.89. The van der Waals surface area contributed by atoms with Gasteiger partial charge in [-0.05, 0) is 30.7 Å². The van der Waals surface area contributed by atoms with Crippen molar-refractivity contribution in [3.05, 3.63) is 54.1 Å². The van der Waals surface area contributed by atoms with E-state index in [2.05, 4.69) is 30.0 Å². The molecule has 1 saturated heterocycles. The van der Waals surface area contributed by atoms with E-state index in [1.54, 1.807) is 4.90 Å². The SMILES string of the molecule is Cc1ccccc1N1CCN(C(=O)CN2C(=O)CSc3ccccc32)CC1. The molecule has 0 radical (unpaired) electrons. The third-order valence-electron chi connectivity index (χ3n) is 5.19. The van der Waals surface area contributed by atoms with E-state index in [4.69, 9.17) is 0 Å². The van der Waals surface area contributed by atoms with E-state index in [0.29, 0.717) is 18.8 Å². The molecular weight excluding hydrogens is 358 g/mol. The van der Waals surface area contributed by atoms with Crippen LogP contribution in [-0.2, 0) is 9.59 Å². The van der Waals surface area contributed by atoms with Crippen LogP contribution in [0, 0.1) is 6.92 Å². The van der Waals surface area contributed by atoms with Gasteiger partial charge in [-0.1, -0.05) is 30.3 Å². The van der Waals surface area contributed by atoms with E-state index in [1.165, 1.54) is 23.0 Å². The van der Waals surface area contributed by atoms with Crippen LogP contribution in [0.3, 0.4) is 0 Å². The minimum absolute atomic E-state index is 0.00518. The number of thioether (sulfide) groups is 1. The monoisotopic (exact) mass is 381 g/mol. The summed E-state index contributed by atoms with van der Waals surface area (Å²) in [5.74, 6) is 0.422. The predicted molar refractivity (Wildman–Crippen MR) is 109 cm³/mol. The molecule has 2 amide bonds. The normalized spacial score (nSPS) is 17.1. The van der Waals surface area contributed by atoms with E-state index in [9.17, 15) is 9.59 Å². The van der Waals surface area contributed by atoms with Crippen LogP contribution in [0.25, 0.3) is 0 Å². The summed E-state index contributed by atoms with van der Waals surface area (Å²) in [4.78, 5) is 32.1. The van der Waals surface area contributed by atoms with E-state index in [-0.39, 0.29) is 18.4 Å². The lowest BCUT2D eigenvalue weighted by Crippen LogP contribution is -2.52. The molecule has 0 aromatic heterocycles. The molecule has 2 aromatic rings. The molecule has 0 atom stereocenters. The number of hydrogen-bond donors (Lipinski definition) is 0. The summed E-state index contributed by atoms with van der Waals surface area (Å²) in [6, 6.07) is 16.1. The molecule has 4 rings (SSSR count). The molecule has 0 bridgehead atoms. The number of carbonyl (C=O) groups is 2. The van der Waals surface area contributed by atoms with Gasteiger partial charge in [0, 0.05) is 36.8 Å². The van der Waals surface area contributed by atoms with Crippen molar-refractivity contribution in [1.82, 2.24) is 4.90 Å². The number of benzene rings is 2. The predicted octanol–water partition coefficient (Wildman–Crippen LogP) is 2.78. The quantitative estimate of drug-likeness (QED) is 0.820. The van der Waals surface area contributed by atoms with Crippen molar-refractivity contribution >= 4 is 35.0 Å². The van der Waals surface area contributed by atoms with Crippen molar-refractivity contribution in [3.63, 3.8) is 0 Å². The first-order chi connectivity index (χ1) is 13.1. The van der Waals surface area contributed by atoms with Crippen LogP contribution < -0.4 is 9.80 Å². The molecule has 0 unspecified atom stereocenters. The molecule has 140 valence electrons. The minimum Gasteiger partial charge on any atom is -0.368 e. The Kier molecular flexibility index (Phi) is 5.07. The van der Waals surface area contributed by atoms with Crippen molar-refractivity contribution < 1.29 is 9.59 Å². The second kappa shape index (κ2) is 7.64. The molecule has 2 aliphatic rings. The third-order valence-corrected chi connectivity index (χ3v) is 6.24. The van der Waals surface area contributed by atoms with Crippen LogP contribution in [0.5, 0.6) is 0 Å².